The van der Waals surface area contributed by atoms with Gasteiger partial charge < -0.3 is 29.9 Å². The van der Waals surface area contributed by atoms with Crippen LogP contribution in [0.2, 0.25) is 0 Å². The maximum Gasteiger partial charge on any atom is 0.428 e. The maximum absolute atomic E-state index is 13.5. The summed E-state index contributed by atoms with van der Waals surface area (Å²) >= 11 is 0. The van der Waals surface area contributed by atoms with Gasteiger partial charge in [0.2, 0.25) is 0 Å². The van der Waals surface area contributed by atoms with Gasteiger partial charge in [-0.3, -0.25) is 9.35 Å². The van der Waals surface area contributed by atoms with Crippen LogP contribution in [0.1, 0.15) is 44.9 Å². The number of hydrogen-bond acceptors (Lipinski definition) is 9. The van der Waals surface area contributed by atoms with Crippen molar-refractivity contribution >= 4 is 16.1 Å². The first kappa shape index (κ1) is 23.7. The van der Waals surface area contributed by atoms with E-state index in [2.05, 4.69) is 4.74 Å². The molecular formula is C17H26F2O10S. The van der Waals surface area contributed by atoms with E-state index in [1.807, 2.05) is 0 Å². The first-order chi connectivity index (χ1) is 13.6. The summed E-state index contributed by atoms with van der Waals surface area (Å²) < 4.78 is 65.7. The van der Waals surface area contributed by atoms with Gasteiger partial charge in [0.15, 0.2) is 0 Å². The number of carbonyl (C=O) groups excluding carboxylic acids is 1. The lowest BCUT2D eigenvalue weighted by Gasteiger charge is -2.56. The van der Waals surface area contributed by atoms with E-state index in [-0.39, 0.29) is 12.3 Å². The molecule has 0 aromatic rings. The van der Waals surface area contributed by atoms with Gasteiger partial charge in [0.05, 0.1) is 17.6 Å². The first-order valence-corrected chi connectivity index (χ1v) is 11.1. The molecule has 10 nitrogen and oxygen atoms in total. The second kappa shape index (κ2) is 7.57. The van der Waals surface area contributed by atoms with Gasteiger partial charge in [-0.2, -0.15) is 17.2 Å². The Labute approximate surface area is 171 Å². The lowest BCUT2D eigenvalue weighted by molar-refractivity contribution is -0.365. The van der Waals surface area contributed by atoms with E-state index in [4.69, 9.17) is 19.5 Å². The number of hydrogen-bond donors (Lipinski definition) is 5. The van der Waals surface area contributed by atoms with Gasteiger partial charge in [-0.25, -0.2) is 0 Å². The second-order valence-electron chi connectivity index (χ2n) is 8.85. The summed E-state index contributed by atoms with van der Waals surface area (Å²) in [7, 11) is -6.02. The van der Waals surface area contributed by atoms with Crippen LogP contribution in [0.5, 0.6) is 0 Å². The molecule has 5 unspecified atom stereocenters. The minimum atomic E-state index is -6.02. The van der Waals surface area contributed by atoms with Gasteiger partial charge in [0, 0.05) is 0 Å². The summed E-state index contributed by atoms with van der Waals surface area (Å²) in [6.45, 7) is -2.08. The molecule has 30 heavy (non-hydrogen) atoms. The average Bonchev–Trinajstić information content (AvgIpc) is 2.61. The summed E-state index contributed by atoms with van der Waals surface area (Å²) in [5, 5.41) is 33.4. The molecular weight excluding hydrogens is 434 g/mol. The van der Waals surface area contributed by atoms with Gasteiger partial charge in [-0.05, 0) is 56.8 Å². The molecule has 3 aliphatic carbocycles. The standard InChI is InChI=1S/C17H26F2O10S/c18-16(19,17(23,24)30(25,26)27)29-8-12(20)7-28-13(21)14-3-1-10-2-4-15(22,9-14)6-11(10)5-14/h10-12,20,22-24H,1-9H2,(H,25,26,27). The van der Waals surface area contributed by atoms with Crippen LogP contribution in [0, 0.1) is 17.3 Å². The molecule has 3 saturated carbocycles. The topological polar surface area (TPSA) is 171 Å². The van der Waals surface area contributed by atoms with Crippen LogP contribution >= 0.6 is 0 Å². The number of rotatable bonds is 8. The van der Waals surface area contributed by atoms with Crippen molar-refractivity contribution in [2.75, 3.05) is 13.2 Å². The molecule has 0 aromatic carbocycles. The quantitative estimate of drug-likeness (QED) is 0.185. The first-order valence-electron chi connectivity index (χ1n) is 9.62. The molecule has 3 aliphatic rings. The Morgan fingerprint density at radius 2 is 1.77 bits per heavy atom. The van der Waals surface area contributed by atoms with Gasteiger partial charge in [0.25, 0.3) is 0 Å². The summed E-state index contributed by atoms with van der Waals surface area (Å²) in [6.07, 6.45) is -2.73. The molecule has 0 aliphatic heterocycles. The molecule has 3 rings (SSSR count). The van der Waals surface area contributed by atoms with E-state index >= 15 is 0 Å². The number of alkyl halides is 2. The van der Waals surface area contributed by atoms with Crippen molar-refractivity contribution in [3.63, 3.8) is 0 Å². The van der Waals surface area contributed by atoms with Crippen molar-refractivity contribution in [3.8, 4) is 0 Å². The molecule has 0 amide bonds. The SMILES string of the molecule is O=C(OCC(O)COC(F)(F)C(O)(O)S(=O)(=O)O)C12CCC3CCC(O)(CC3C1)C2. The third-order valence-corrected chi connectivity index (χ3v) is 7.60. The van der Waals surface area contributed by atoms with Crippen molar-refractivity contribution in [3.05, 3.63) is 0 Å². The minimum Gasteiger partial charge on any atom is -0.462 e. The third-order valence-electron chi connectivity index (χ3n) is 6.64. The summed E-state index contributed by atoms with van der Waals surface area (Å²) in [4.78, 5) is 12.7. The van der Waals surface area contributed by atoms with Crippen LogP contribution in [0.4, 0.5) is 8.78 Å². The van der Waals surface area contributed by atoms with Crippen LogP contribution in [0.15, 0.2) is 0 Å². The van der Waals surface area contributed by atoms with Crippen LogP contribution in [-0.4, -0.2) is 75.5 Å². The van der Waals surface area contributed by atoms with Crippen LogP contribution in [0.3, 0.4) is 0 Å². The molecule has 5 N–H and O–H groups in total. The summed E-state index contributed by atoms with van der Waals surface area (Å²) in [5.74, 6) is -0.00505. The second-order valence-corrected chi connectivity index (χ2v) is 10.4. The molecule has 3 fully saturated rings. The normalized spacial score (nSPS) is 35.2. The molecule has 13 heteroatoms. The molecule has 0 heterocycles. The zero-order valence-corrected chi connectivity index (χ0v) is 16.9. The molecule has 174 valence electrons. The third kappa shape index (κ3) is 4.20. The monoisotopic (exact) mass is 460 g/mol. The Morgan fingerprint density at radius 1 is 1.13 bits per heavy atom. The van der Waals surface area contributed by atoms with E-state index in [9.17, 15) is 32.2 Å². The molecule has 0 aromatic heterocycles. The fourth-order valence-electron chi connectivity index (χ4n) is 5.16. The highest BCUT2D eigenvalue weighted by atomic mass is 32.2. The van der Waals surface area contributed by atoms with Crippen molar-refractivity contribution in [1.82, 2.24) is 0 Å². The van der Waals surface area contributed by atoms with Crippen molar-refractivity contribution < 1.29 is 56.4 Å². The highest BCUT2D eigenvalue weighted by Crippen LogP contribution is 2.60. The van der Waals surface area contributed by atoms with E-state index in [1.165, 1.54) is 0 Å². The van der Waals surface area contributed by atoms with Crippen LogP contribution in [-0.2, 0) is 24.4 Å². The summed E-state index contributed by atoms with van der Waals surface area (Å²) in [6, 6.07) is 0. The number of ether oxygens (including phenoxy) is 2. The lowest BCUT2D eigenvalue weighted by Crippen LogP contribution is -2.56. The van der Waals surface area contributed by atoms with E-state index in [0.29, 0.717) is 31.6 Å². The number of aliphatic hydroxyl groups excluding tert-OH is 1. The van der Waals surface area contributed by atoms with E-state index in [1.54, 1.807) is 0 Å². The molecule has 3 bridgehead atoms. The molecule has 5 atom stereocenters. The Bertz CT molecular complexity index is 787. The number of carbonyl (C=O) groups is 1. The van der Waals surface area contributed by atoms with Gasteiger partial charge >= 0.3 is 27.3 Å². The van der Waals surface area contributed by atoms with Crippen molar-refractivity contribution in [2.45, 2.75) is 67.9 Å². The number of halogens is 2. The highest BCUT2D eigenvalue weighted by Gasteiger charge is 2.63. The Kier molecular flexibility index (Phi) is 5.98. The van der Waals surface area contributed by atoms with E-state index in [0.717, 1.165) is 12.8 Å². The van der Waals surface area contributed by atoms with Crippen LogP contribution < -0.4 is 0 Å². The van der Waals surface area contributed by atoms with Crippen molar-refractivity contribution in [2.24, 2.45) is 17.3 Å². The lowest BCUT2D eigenvalue weighted by atomic mass is 9.50. The van der Waals surface area contributed by atoms with Gasteiger partial charge in [-0.1, -0.05) is 0 Å². The van der Waals surface area contributed by atoms with Gasteiger partial charge in [0.1, 0.15) is 12.7 Å². The zero-order valence-electron chi connectivity index (χ0n) is 16.0. The molecule has 0 spiro atoms. The zero-order chi connectivity index (χ0) is 22.6. The smallest absolute Gasteiger partial charge is 0.428 e. The highest BCUT2D eigenvalue weighted by molar-refractivity contribution is 7.86. The fourth-order valence-corrected chi connectivity index (χ4v) is 5.52. The largest absolute Gasteiger partial charge is 0.462 e. The Morgan fingerprint density at radius 3 is 2.40 bits per heavy atom. The fraction of sp³-hybridized carbons (Fsp3) is 0.941. The summed E-state index contributed by atoms with van der Waals surface area (Å²) in [5.41, 5.74) is -1.85. The maximum atomic E-state index is 13.5. The predicted molar refractivity (Wildman–Crippen MR) is 93.3 cm³/mol. The predicted octanol–water partition coefficient (Wildman–Crippen LogP) is -0.252. The van der Waals surface area contributed by atoms with Crippen LogP contribution in [0.25, 0.3) is 0 Å². The number of aliphatic hydroxyl groups is 4. The molecule has 0 saturated heterocycles. The van der Waals surface area contributed by atoms with Crippen molar-refractivity contribution in [1.29, 1.82) is 0 Å². The Balaban J connectivity index is 1.55. The number of esters is 1. The Hall–Kier alpha value is -0.960. The van der Waals surface area contributed by atoms with E-state index < -0.39 is 57.6 Å². The number of fused-ring (bicyclic) bond motifs is 2. The van der Waals surface area contributed by atoms with Gasteiger partial charge in [-0.15, -0.1) is 0 Å². The average molecular weight is 460 g/mol. The molecule has 0 radical (unpaired) electrons. The minimum absolute atomic E-state index is 0.202.